The predicted octanol–water partition coefficient (Wildman–Crippen LogP) is 8.45. The van der Waals surface area contributed by atoms with Crippen molar-refractivity contribution < 1.29 is 0 Å². The zero-order valence-corrected chi connectivity index (χ0v) is 27.6. The first kappa shape index (κ1) is 28.9. The van der Waals surface area contributed by atoms with Crippen LogP contribution in [-0.2, 0) is 0 Å². The third kappa shape index (κ3) is 4.74. The van der Waals surface area contributed by atoms with Crippen LogP contribution in [0, 0.1) is 0 Å². The molecule has 49 heavy (non-hydrogen) atoms. The minimum absolute atomic E-state index is 0.865. The van der Waals surface area contributed by atoms with E-state index in [1.165, 1.54) is 20.8 Å². The molecule has 0 radical (unpaired) electrons. The fourth-order valence-corrected chi connectivity index (χ4v) is 12.9. The zero-order valence-electron chi connectivity index (χ0n) is 26.6. The molecule has 9 rings (SSSR count). The normalized spacial score (nSPS) is 14.1. The van der Waals surface area contributed by atoms with Crippen LogP contribution in [0.3, 0.4) is 0 Å². The number of allylic oxidation sites excluding steroid dienone is 2. The molecule has 230 valence electrons. The van der Waals surface area contributed by atoms with E-state index in [1.807, 2.05) is 48.8 Å². The highest BCUT2D eigenvalue weighted by atomic mass is 28.3. The van der Waals surface area contributed by atoms with Crippen molar-refractivity contribution in [3.63, 3.8) is 0 Å². The van der Waals surface area contributed by atoms with Gasteiger partial charge in [-0.15, -0.1) is 0 Å². The first-order valence-corrected chi connectivity index (χ1v) is 18.5. The zero-order chi connectivity index (χ0) is 32.6. The van der Waals surface area contributed by atoms with Crippen LogP contribution in [0.15, 0.2) is 182 Å². The van der Waals surface area contributed by atoms with Crippen molar-refractivity contribution in [1.82, 2.24) is 19.9 Å². The van der Waals surface area contributed by atoms with E-state index < -0.39 is 8.07 Å². The van der Waals surface area contributed by atoms with Crippen molar-refractivity contribution >= 4 is 62.1 Å². The molecule has 0 bridgehead atoms. The molecule has 4 nitrogen and oxygen atoms in total. The van der Waals surface area contributed by atoms with Crippen molar-refractivity contribution in [2.75, 3.05) is 0 Å². The Morgan fingerprint density at radius 2 is 0.653 bits per heavy atom. The van der Waals surface area contributed by atoms with E-state index in [2.05, 4.69) is 133 Å². The summed E-state index contributed by atoms with van der Waals surface area (Å²) in [5.41, 5.74) is 9.76. The molecule has 0 spiro atoms. The van der Waals surface area contributed by atoms with Crippen molar-refractivity contribution in [2.24, 2.45) is 0 Å². The molecule has 0 saturated heterocycles. The monoisotopic (exact) mass is 642 g/mol. The van der Waals surface area contributed by atoms with Gasteiger partial charge in [0.05, 0.1) is 45.8 Å². The molecule has 1 aliphatic heterocycles. The van der Waals surface area contributed by atoms with Gasteiger partial charge in [-0.3, -0.25) is 9.97 Å². The molecule has 6 aromatic carbocycles. The quantitative estimate of drug-likeness (QED) is 0.171. The molecule has 0 atom stereocenters. The maximum atomic E-state index is 5.44. The van der Waals surface area contributed by atoms with Gasteiger partial charge >= 0.3 is 0 Å². The number of hydrogen-bond donors (Lipinski definition) is 0. The average Bonchev–Trinajstić information content (AvgIpc) is 3.52. The molecule has 0 amide bonds. The lowest BCUT2D eigenvalue weighted by atomic mass is 9.90. The van der Waals surface area contributed by atoms with Gasteiger partial charge < -0.3 is 0 Å². The van der Waals surface area contributed by atoms with E-state index in [-0.39, 0.29) is 0 Å². The molecule has 0 aliphatic carbocycles. The summed E-state index contributed by atoms with van der Waals surface area (Å²) < 4.78 is 0. The summed E-state index contributed by atoms with van der Waals surface area (Å²) in [5.74, 6) is 0. The van der Waals surface area contributed by atoms with E-state index in [4.69, 9.17) is 19.9 Å². The lowest BCUT2D eigenvalue weighted by molar-refractivity contribution is 1.26. The SMILES string of the molecule is c1ccc(C2=C(c3cnc4ccccc4n3)[Si](c3ccccc3)(c3ccccc3)C(c3cnc4ccccc4n3)=C2c2ccccc2)cc1. The third-order valence-electron chi connectivity index (χ3n) is 9.45. The molecule has 0 unspecified atom stereocenters. The summed E-state index contributed by atoms with van der Waals surface area (Å²) in [7, 11) is -3.24. The Labute approximate surface area is 285 Å². The summed E-state index contributed by atoms with van der Waals surface area (Å²) in [6, 6.07) is 59.7. The lowest BCUT2D eigenvalue weighted by Gasteiger charge is -2.35. The number of nitrogens with zero attached hydrogens (tertiary/aromatic N) is 4. The standard InChI is InChI=1S/C44H30N4Si/c1-5-17-31(18-6-1)41-42(32-19-7-2-8-20-32)44(40-30-46-36-26-14-16-28-38(36)48-40)49(33-21-9-3-10-22-33,34-23-11-4-12-24-34)43(41)39-29-45-35-25-13-15-27-37(35)47-39/h1-30H. The first-order chi connectivity index (χ1) is 24.3. The molecule has 5 heteroatoms. The summed E-state index contributed by atoms with van der Waals surface area (Å²) >= 11 is 0. The Hall–Kier alpha value is -6.30. The highest BCUT2D eigenvalue weighted by Crippen LogP contribution is 2.54. The fraction of sp³-hybridized carbons (Fsp3) is 0. The highest BCUT2D eigenvalue weighted by Gasteiger charge is 2.54. The lowest BCUT2D eigenvalue weighted by Crippen LogP contribution is -2.60. The van der Waals surface area contributed by atoms with E-state index in [0.29, 0.717) is 0 Å². The maximum absolute atomic E-state index is 5.44. The van der Waals surface area contributed by atoms with Crippen LogP contribution >= 0.6 is 0 Å². The van der Waals surface area contributed by atoms with Gasteiger partial charge in [-0.1, -0.05) is 146 Å². The fourth-order valence-electron chi connectivity index (χ4n) is 7.45. The van der Waals surface area contributed by atoms with Gasteiger partial charge in [0.15, 0.2) is 8.07 Å². The van der Waals surface area contributed by atoms with E-state index in [9.17, 15) is 0 Å². The molecular weight excluding hydrogens is 613 g/mol. The van der Waals surface area contributed by atoms with Crippen LogP contribution in [0.1, 0.15) is 22.5 Å². The van der Waals surface area contributed by atoms with Gasteiger partial charge in [0.2, 0.25) is 0 Å². The van der Waals surface area contributed by atoms with E-state index in [1.54, 1.807) is 0 Å². The summed E-state index contributed by atoms with van der Waals surface area (Å²) in [6.07, 6.45) is 3.96. The van der Waals surface area contributed by atoms with Gasteiger partial charge in [-0.25, -0.2) is 9.97 Å². The highest BCUT2D eigenvalue weighted by molar-refractivity contribution is 7.29. The van der Waals surface area contributed by atoms with Gasteiger partial charge in [-0.2, -0.15) is 0 Å². The maximum Gasteiger partial charge on any atom is 0.186 e. The molecule has 1 aliphatic rings. The Bertz CT molecular complexity index is 2350. The second kappa shape index (κ2) is 12.1. The second-order valence-corrected chi connectivity index (χ2v) is 15.9. The Morgan fingerprint density at radius 1 is 0.327 bits per heavy atom. The van der Waals surface area contributed by atoms with Gasteiger partial charge in [0, 0.05) is 0 Å². The number of fused-ring (bicyclic) bond motifs is 2. The Morgan fingerprint density at radius 3 is 1.04 bits per heavy atom. The average molecular weight is 643 g/mol. The number of benzene rings is 6. The Kier molecular flexibility index (Phi) is 7.10. The largest absolute Gasteiger partial charge is 0.252 e. The molecular formula is C44H30N4Si. The minimum atomic E-state index is -3.24. The third-order valence-corrected chi connectivity index (χ3v) is 14.4. The van der Waals surface area contributed by atoms with Crippen LogP contribution in [0.25, 0.3) is 43.6 Å². The molecule has 0 N–H and O–H groups in total. The first-order valence-electron chi connectivity index (χ1n) is 16.5. The van der Waals surface area contributed by atoms with Crippen molar-refractivity contribution in [3.05, 3.63) is 205 Å². The van der Waals surface area contributed by atoms with Gasteiger partial charge in [0.1, 0.15) is 0 Å². The number of rotatable bonds is 6. The summed E-state index contributed by atoms with van der Waals surface area (Å²) in [6.45, 7) is 0. The summed E-state index contributed by atoms with van der Waals surface area (Å²) in [4.78, 5) is 20.9. The summed E-state index contributed by atoms with van der Waals surface area (Å²) in [5, 5.41) is 4.88. The second-order valence-electron chi connectivity index (χ2n) is 12.2. The van der Waals surface area contributed by atoms with Crippen LogP contribution in [0.5, 0.6) is 0 Å². The van der Waals surface area contributed by atoms with Crippen LogP contribution in [0.4, 0.5) is 0 Å². The van der Waals surface area contributed by atoms with Gasteiger partial charge in [0.25, 0.3) is 0 Å². The Balaban J connectivity index is 1.54. The van der Waals surface area contributed by atoms with Crippen LogP contribution in [0.2, 0.25) is 0 Å². The predicted molar refractivity (Wildman–Crippen MR) is 203 cm³/mol. The van der Waals surface area contributed by atoms with E-state index >= 15 is 0 Å². The molecule has 3 heterocycles. The van der Waals surface area contributed by atoms with Crippen molar-refractivity contribution in [2.45, 2.75) is 0 Å². The van der Waals surface area contributed by atoms with Crippen LogP contribution < -0.4 is 10.4 Å². The van der Waals surface area contributed by atoms with Gasteiger partial charge in [-0.05, 0) is 67.3 Å². The molecule has 8 aromatic rings. The van der Waals surface area contributed by atoms with Crippen molar-refractivity contribution in [1.29, 1.82) is 0 Å². The van der Waals surface area contributed by atoms with Crippen molar-refractivity contribution in [3.8, 4) is 0 Å². The number of aromatic nitrogens is 4. The van der Waals surface area contributed by atoms with E-state index in [0.717, 1.165) is 55.7 Å². The molecule has 0 fully saturated rings. The smallest absolute Gasteiger partial charge is 0.186 e. The van der Waals surface area contributed by atoms with Crippen LogP contribution in [-0.4, -0.2) is 28.0 Å². The molecule has 0 saturated carbocycles. The number of para-hydroxylation sites is 4. The topological polar surface area (TPSA) is 51.6 Å². The number of hydrogen-bond acceptors (Lipinski definition) is 4. The molecule has 2 aromatic heterocycles. The minimum Gasteiger partial charge on any atom is -0.252 e.